The maximum atomic E-state index is 9.78. The summed E-state index contributed by atoms with van der Waals surface area (Å²) in [5.74, 6) is 0. The molecule has 0 aliphatic rings. The number of rotatable bonds is 2. The van der Waals surface area contributed by atoms with Crippen LogP contribution in [0.5, 0.6) is 0 Å². The summed E-state index contributed by atoms with van der Waals surface area (Å²) in [6.07, 6.45) is -0.430. The van der Waals surface area contributed by atoms with Crippen LogP contribution in [0.2, 0.25) is 0 Å². The van der Waals surface area contributed by atoms with Crippen LogP contribution in [-0.2, 0) is 0 Å². The van der Waals surface area contributed by atoms with Crippen molar-refractivity contribution in [3.8, 4) is 0 Å². The fraction of sp³-hybridized carbons (Fsp3) is 0.167. The van der Waals surface area contributed by atoms with Crippen molar-refractivity contribution in [2.75, 3.05) is 5.33 Å². The lowest BCUT2D eigenvalue weighted by atomic mass is 10.0. The Hall–Kier alpha value is -0.860. The van der Waals surface area contributed by atoms with Crippen molar-refractivity contribution in [1.29, 1.82) is 0 Å². The second kappa shape index (κ2) is 4.11. The van der Waals surface area contributed by atoms with Crippen LogP contribution in [0.3, 0.4) is 0 Å². The standard InChI is InChI=1S/C12H11BrO/c13-8-12(14)11-7-3-5-9-4-1-2-6-10(9)11/h1-7,12,14H,8H2/t12-/m1/s1. The Labute approximate surface area is 91.5 Å². The highest BCUT2D eigenvalue weighted by Crippen LogP contribution is 2.24. The Morgan fingerprint density at radius 1 is 1.07 bits per heavy atom. The van der Waals surface area contributed by atoms with E-state index in [1.54, 1.807) is 0 Å². The molecular weight excluding hydrogens is 240 g/mol. The number of alkyl halides is 1. The molecule has 0 saturated carbocycles. The van der Waals surface area contributed by atoms with E-state index in [0.29, 0.717) is 5.33 Å². The van der Waals surface area contributed by atoms with Gasteiger partial charge in [-0.25, -0.2) is 0 Å². The van der Waals surface area contributed by atoms with Crippen LogP contribution < -0.4 is 0 Å². The number of aliphatic hydroxyl groups is 1. The normalized spacial score (nSPS) is 13.0. The topological polar surface area (TPSA) is 20.2 Å². The summed E-state index contributed by atoms with van der Waals surface area (Å²) < 4.78 is 0. The van der Waals surface area contributed by atoms with E-state index in [1.807, 2.05) is 30.3 Å². The van der Waals surface area contributed by atoms with E-state index in [2.05, 4.69) is 28.1 Å². The van der Waals surface area contributed by atoms with E-state index in [0.717, 1.165) is 10.9 Å². The number of fused-ring (bicyclic) bond motifs is 1. The van der Waals surface area contributed by atoms with Crippen molar-refractivity contribution >= 4 is 26.7 Å². The molecule has 2 rings (SSSR count). The minimum atomic E-state index is -0.430. The largest absolute Gasteiger partial charge is 0.388 e. The van der Waals surface area contributed by atoms with Crippen molar-refractivity contribution in [2.24, 2.45) is 0 Å². The molecule has 1 atom stereocenters. The Morgan fingerprint density at radius 3 is 2.57 bits per heavy atom. The highest BCUT2D eigenvalue weighted by molar-refractivity contribution is 9.09. The molecule has 0 radical (unpaired) electrons. The summed E-state index contributed by atoms with van der Waals surface area (Å²) in [6, 6.07) is 14.1. The van der Waals surface area contributed by atoms with Gasteiger partial charge in [-0.05, 0) is 16.3 Å². The quantitative estimate of drug-likeness (QED) is 0.812. The zero-order chi connectivity index (χ0) is 9.97. The molecule has 14 heavy (non-hydrogen) atoms. The first-order valence-corrected chi connectivity index (χ1v) is 5.67. The van der Waals surface area contributed by atoms with Gasteiger partial charge in [0.15, 0.2) is 0 Å². The summed E-state index contributed by atoms with van der Waals surface area (Å²) in [5, 5.41) is 12.6. The van der Waals surface area contributed by atoms with E-state index in [4.69, 9.17) is 0 Å². The molecule has 0 heterocycles. The number of halogens is 1. The summed E-state index contributed by atoms with van der Waals surface area (Å²) in [6.45, 7) is 0. The monoisotopic (exact) mass is 250 g/mol. The van der Waals surface area contributed by atoms with E-state index in [-0.39, 0.29) is 0 Å². The molecule has 0 unspecified atom stereocenters. The number of hydrogen-bond acceptors (Lipinski definition) is 1. The third-order valence-corrected chi connectivity index (χ3v) is 2.94. The molecule has 0 saturated heterocycles. The average Bonchev–Trinajstić information content (AvgIpc) is 2.27. The Bertz CT molecular complexity index is 434. The van der Waals surface area contributed by atoms with E-state index < -0.39 is 6.10 Å². The molecule has 0 fully saturated rings. The SMILES string of the molecule is O[C@H](CBr)c1cccc2ccccc12. The smallest absolute Gasteiger partial charge is 0.0892 e. The maximum Gasteiger partial charge on any atom is 0.0892 e. The van der Waals surface area contributed by atoms with Gasteiger partial charge in [0.05, 0.1) is 6.10 Å². The number of aliphatic hydroxyl groups excluding tert-OH is 1. The van der Waals surface area contributed by atoms with Crippen LogP contribution in [0, 0.1) is 0 Å². The summed E-state index contributed by atoms with van der Waals surface area (Å²) in [4.78, 5) is 0. The Balaban J connectivity index is 2.65. The summed E-state index contributed by atoms with van der Waals surface area (Å²) in [5.41, 5.74) is 0.986. The fourth-order valence-electron chi connectivity index (χ4n) is 1.62. The van der Waals surface area contributed by atoms with Crippen LogP contribution in [-0.4, -0.2) is 10.4 Å². The third kappa shape index (κ3) is 1.68. The van der Waals surface area contributed by atoms with Crippen molar-refractivity contribution in [2.45, 2.75) is 6.10 Å². The van der Waals surface area contributed by atoms with Gasteiger partial charge in [-0.15, -0.1) is 0 Å². The molecule has 2 aromatic carbocycles. The predicted octanol–water partition coefficient (Wildman–Crippen LogP) is 3.27. The fourth-order valence-corrected chi connectivity index (χ4v) is 1.97. The molecule has 0 aromatic heterocycles. The molecule has 0 spiro atoms. The van der Waals surface area contributed by atoms with Crippen LogP contribution in [0.15, 0.2) is 42.5 Å². The zero-order valence-electron chi connectivity index (χ0n) is 7.65. The Kier molecular flexibility index (Phi) is 2.85. The highest BCUT2D eigenvalue weighted by atomic mass is 79.9. The first-order valence-electron chi connectivity index (χ1n) is 4.54. The molecule has 0 aliphatic heterocycles. The maximum absolute atomic E-state index is 9.78. The van der Waals surface area contributed by atoms with Crippen LogP contribution in [0.25, 0.3) is 10.8 Å². The first-order chi connectivity index (χ1) is 6.83. The van der Waals surface area contributed by atoms with Gasteiger partial charge < -0.3 is 5.11 Å². The van der Waals surface area contributed by atoms with Gasteiger partial charge in [0.1, 0.15) is 0 Å². The van der Waals surface area contributed by atoms with Gasteiger partial charge in [0.25, 0.3) is 0 Å². The van der Waals surface area contributed by atoms with Crippen LogP contribution >= 0.6 is 15.9 Å². The van der Waals surface area contributed by atoms with Gasteiger partial charge in [-0.1, -0.05) is 58.4 Å². The minimum absolute atomic E-state index is 0.430. The zero-order valence-corrected chi connectivity index (χ0v) is 9.24. The van der Waals surface area contributed by atoms with E-state index in [9.17, 15) is 5.11 Å². The first kappa shape index (κ1) is 9.69. The molecule has 2 aromatic rings. The average molecular weight is 251 g/mol. The van der Waals surface area contributed by atoms with E-state index >= 15 is 0 Å². The molecule has 0 aliphatic carbocycles. The second-order valence-electron chi connectivity index (χ2n) is 3.24. The van der Waals surface area contributed by atoms with Gasteiger partial charge in [0, 0.05) is 5.33 Å². The van der Waals surface area contributed by atoms with Crippen molar-refractivity contribution < 1.29 is 5.11 Å². The molecule has 0 bridgehead atoms. The van der Waals surface area contributed by atoms with E-state index in [1.165, 1.54) is 5.39 Å². The second-order valence-corrected chi connectivity index (χ2v) is 3.89. The highest BCUT2D eigenvalue weighted by Gasteiger charge is 2.08. The van der Waals surface area contributed by atoms with Crippen molar-refractivity contribution in [3.63, 3.8) is 0 Å². The third-order valence-electron chi connectivity index (χ3n) is 2.33. The molecule has 2 heteroatoms. The van der Waals surface area contributed by atoms with Crippen molar-refractivity contribution in [3.05, 3.63) is 48.0 Å². The van der Waals surface area contributed by atoms with Gasteiger partial charge in [-0.3, -0.25) is 0 Å². The lowest BCUT2D eigenvalue weighted by molar-refractivity contribution is 0.207. The minimum Gasteiger partial charge on any atom is -0.388 e. The van der Waals surface area contributed by atoms with Crippen molar-refractivity contribution in [1.82, 2.24) is 0 Å². The van der Waals surface area contributed by atoms with Gasteiger partial charge in [0.2, 0.25) is 0 Å². The predicted molar refractivity (Wildman–Crippen MR) is 62.7 cm³/mol. The number of hydrogen-bond donors (Lipinski definition) is 1. The summed E-state index contributed by atoms with van der Waals surface area (Å²) in [7, 11) is 0. The summed E-state index contributed by atoms with van der Waals surface area (Å²) >= 11 is 3.29. The van der Waals surface area contributed by atoms with Gasteiger partial charge in [-0.2, -0.15) is 0 Å². The molecule has 1 N–H and O–H groups in total. The van der Waals surface area contributed by atoms with Crippen LogP contribution in [0.1, 0.15) is 11.7 Å². The molecular formula is C12H11BrO. The lowest BCUT2D eigenvalue weighted by Crippen LogP contribution is -1.98. The Morgan fingerprint density at radius 2 is 1.79 bits per heavy atom. The molecule has 1 nitrogen and oxygen atoms in total. The van der Waals surface area contributed by atoms with Crippen LogP contribution in [0.4, 0.5) is 0 Å². The molecule has 72 valence electrons. The lowest BCUT2D eigenvalue weighted by Gasteiger charge is -2.10. The molecule has 0 amide bonds. The number of benzene rings is 2. The van der Waals surface area contributed by atoms with Gasteiger partial charge >= 0.3 is 0 Å².